The molecule has 6 nitrogen and oxygen atoms in total. The number of esters is 3. The summed E-state index contributed by atoms with van der Waals surface area (Å²) in [4.78, 5) is 38.4. The molecule has 0 heterocycles. The van der Waals surface area contributed by atoms with Crippen LogP contribution in [0.3, 0.4) is 0 Å². The molecule has 0 aromatic carbocycles. The quantitative estimate of drug-likeness (QED) is 0.0261. The topological polar surface area (TPSA) is 78.9 Å². The van der Waals surface area contributed by atoms with Gasteiger partial charge in [0.15, 0.2) is 6.10 Å². The maximum absolute atomic E-state index is 12.9. The number of carbonyl (C=O) groups is 3. The summed E-state index contributed by atoms with van der Waals surface area (Å²) in [5.41, 5.74) is 0. The third-order valence-corrected chi connectivity index (χ3v) is 16.8. The molecule has 0 spiro atoms. The van der Waals surface area contributed by atoms with Crippen LogP contribution >= 0.6 is 0 Å². The second-order valence-electron chi connectivity index (χ2n) is 25.2. The van der Waals surface area contributed by atoms with Gasteiger partial charge in [-0.15, -0.1) is 0 Å². The van der Waals surface area contributed by atoms with Gasteiger partial charge in [0.1, 0.15) is 13.2 Å². The highest BCUT2D eigenvalue weighted by atomic mass is 16.6. The molecule has 0 rings (SSSR count). The first-order valence-corrected chi connectivity index (χ1v) is 37.1. The first-order chi connectivity index (χ1) is 41.0. The van der Waals surface area contributed by atoms with Crippen LogP contribution in [0.1, 0.15) is 406 Å². The standard InChI is InChI=1S/C77H142O6/c1-4-7-10-13-16-19-22-25-28-30-31-32-33-34-35-36-37-38-39-40-41-42-43-44-45-47-49-52-55-58-61-64-67-70-76(79)82-73-74(72-81-75(78)69-66-63-60-57-54-51-48-27-24-21-18-15-12-9-6-3)83-77(80)71-68-65-62-59-56-53-50-46-29-26-23-20-17-14-11-8-5-2/h8,11,17,20,26-27,29,48,74H,4-7,9-10,12-16,18-19,21-25,28,30-47,49-73H2,1-3H3/b11-8-,20-17-,29-26-,48-27-. The number of ether oxygens (including phenoxy) is 3. The Labute approximate surface area is 518 Å². The van der Waals surface area contributed by atoms with E-state index in [2.05, 4.69) is 69.4 Å². The summed E-state index contributed by atoms with van der Waals surface area (Å²) >= 11 is 0. The van der Waals surface area contributed by atoms with Crippen molar-refractivity contribution in [1.82, 2.24) is 0 Å². The van der Waals surface area contributed by atoms with Gasteiger partial charge in [-0.05, 0) is 77.0 Å². The van der Waals surface area contributed by atoms with E-state index < -0.39 is 6.10 Å². The Balaban J connectivity index is 4.13. The lowest BCUT2D eigenvalue weighted by Gasteiger charge is -2.18. The van der Waals surface area contributed by atoms with E-state index >= 15 is 0 Å². The van der Waals surface area contributed by atoms with E-state index in [1.165, 1.54) is 276 Å². The molecule has 0 fully saturated rings. The second-order valence-corrected chi connectivity index (χ2v) is 25.2. The van der Waals surface area contributed by atoms with Gasteiger partial charge >= 0.3 is 17.9 Å². The molecule has 0 aliphatic carbocycles. The third kappa shape index (κ3) is 70.0. The lowest BCUT2D eigenvalue weighted by Crippen LogP contribution is -2.30. The van der Waals surface area contributed by atoms with Crippen molar-refractivity contribution in [2.45, 2.75) is 412 Å². The van der Waals surface area contributed by atoms with E-state index in [1.54, 1.807) is 0 Å². The fourth-order valence-electron chi connectivity index (χ4n) is 11.3. The monoisotopic (exact) mass is 1160 g/mol. The highest BCUT2D eigenvalue weighted by Crippen LogP contribution is 2.19. The first-order valence-electron chi connectivity index (χ1n) is 37.1. The molecule has 486 valence electrons. The van der Waals surface area contributed by atoms with E-state index in [1.807, 2.05) is 0 Å². The summed E-state index contributed by atoms with van der Waals surface area (Å²) < 4.78 is 17.0. The summed E-state index contributed by atoms with van der Waals surface area (Å²) in [6, 6.07) is 0. The Morgan fingerprint density at radius 3 is 0.747 bits per heavy atom. The van der Waals surface area contributed by atoms with Gasteiger partial charge in [-0.25, -0.2) is 0 Å². The van der Waals surface area contributed by atoms with Gasteiger partial charge in [-0.2, -0.15) is 0 Å². The highest BCUT2D eigenvalue weighted by Gasteiger charge is 2.19. The number of rotatable bonds is 69. The van der Waals surface area contributed by atoms with E-state index in [0.29, 0.717) is 19.3 Å². The van der Waals surface area contributed by atoms with Gasteiger partial charge in [0.2, 0.25) is 0 Å². The van der Waals surface area contributed by atoms with Gasteiger partial charge in [-0.3, -0.25) is 14.4 Å². The van der Waals surface area contributed by atoms with E-state index in [4.69, 9.17) is 14.2 Å². The Morgan fingerprint density at radius 1 is 0.253 bits per heavy atom. The van der Waals surface area contributed by atoms with Gasteiger partial charge < -0.3 is 14.2 Å². The van der Waals surface area contributed by atoms with Crippen molar-refractivity contribution in [1.29, 1.82) is 0 Å². The van der Waals surface area contributed by atoms with Crippen molar-refractivity contribution < 1.29 is 28.6 Å². The average Bonchev–Trinajstić information content (AvgIpc) is 3.49. The molecule has 0 N–H and O–H groups in total. The predicted octanol–water partition coefficient (Wildman–Crippen LogP) is 25.7. The van der Waals surface area contributed by atoms with Gasteiger partial charge in [0.05, 0.1) is 0 Å². The minimum absolute atomic E-state index is 0.0759. The maximum atomic E-state index is 12.9. The Kier molecular flexibility index (Phi) is 69.6. The Morgan fingerprint density at radius 2 is 0.470 bits per heavy atom. The molecule has 0 radical (unpaired) electrons. The fourth-order valence-corrected chi connectivity index (χ4v) is 11.3. The first kappa shape index (κ1) is 80.4. The summed E-state index contributed by atoms with van der Waals surface area (Å²) in [5, 5.41) is 0. The van der Waals surface area contributed by atoms with Crippen molar-refractivity contribution in [3.8, 4) is 0 Å². The van der Waals surface area contributed by atoms with Gasteiger partial charge in [-0.1, -0.05) is 358 Å². The predicted molar refractivity (Wildman–Crippen MR) is 362 cm³/mol. The molecule has 0 aliphatic heterocycles. The van der Waals surface area contributed by atoms with Crippen LogP contribution in [0.5, 0.6) is 0 Å². The Hall–Kier alpha value is -2.63. The SMILES string of the molecule is CC/C=C\C/C=C\C/C=C\CCCCCCCCCC(=O)OC(COC(=O)CCCCCCC/C=C\CCCCCCCC)COC(=O)CCCCCCCCCCCCCCCCCCCCCCCCCCCCCCCCCCC. The van der Waals surface area contributed by atoms with Crippen molar-refractivity contribution in [3.05, 3.63) is 48.6 Å². The minimum Gasteiger partial charge on any atom is -0.462 e. The summed E-state index contributed by atoms with van der Waals surface area (Å²) in [7, 11) is 0. The Bertz CT molecular complexity index is 1430. The molecular weight excluding hydrogens is 1020 g/mol. The third-order valence-electron chi connectivity index (χ3n) is 16.8. The highest BCUT2D eigenvalue weighted by molar-refractivity contribution is 5.71. The molecule has 1 unspecified atom stereocenters. The number of unbranched alkanes of at least 4 members (excludes halogenated alkanes) is 50. The summed E-state index contributed by atoms with van der Waals surface area (Å²) in [6.45, 7) is 6.58. The molecule has 0 aromatic heterocycles. The summed E-state index contributed by atoms with van der Waals surface area (Å²) in [6.07, 6.45) is 91.7. The smallest absolute Gasteiger partial charge is 0.306 e. The number of carbonyl (C=O) groups excluding carboxylic acids is 3. The second kappa shape index (κ2) is 71.8. The largest absolute Gasteiger partial charge is 0.462 e. The molecule has 0 bridgehead atoms. The molecule has 0 aliphatic rings. The number of hydrogen-bond donors (Lipinski definition) is 0. The molecule has 0 saturated heterocycles. The maximum Gasteiger partial charge on any atom is 0.306 e. The van der Waals surface area contributed by atoms with Crippen LogP contribution in [0.25, 0.3) is 0 Å². The van der Waals surface area contributed by atoms with Crippen LogP contribution in [0.2, 0.25) is 0 Å². The van der Waals surface area contributed by atoms with Crippen LogP contribution in [0.4, 0.5) is 0 Å². The number of hydrogen-bond acceptors (Lipinski definition) is 6. The van der Waals surface area contributed by atoms with E-state index in [9.17, 15) is 14.4 Å². The fraction of sp³-hybridized carbons (Fsp3) is 0.857. The molecule has 6 heteroatoms. The van der Waals surface area contributed by atoms with Crippen LogP contribution < -0.4 is 0 Å². The molecule has 0 amide bonds. The van der Waals surface area contributed by atoms with Crippen LogP contribution in [-0.4, -0.2) is 37.2 Å². The van der Waals surface area contributed by atoms with Gasteiger partial charge in [0.25, 0.3) is 0 Å². The number of allylic oxidation sites excluding steroid dienone is 8. The molecule has 0 aromatic rings. The minimum atomic E-state index is -0.782. The van der Waals surface area contributed by atoms with Crippen molar-refractivity contribution >= 4 is 17.9 Å². The van der Waals surface area contributed by atoms with E-state index in [0.717, 1.165) is 89.9 Å². The van der Waals surface area contributed by atoms with Crippen molar-refractivity contribution in [3.63, 3.8) is 0 Å². The van der Waals surface area contributed by atoms with E-state index in [-0.39, 0.29) is 31.1 Å². The summed E-state index contributed by atoms with van der Waals surface area (Å²) in [5.74, 6) is -0.869. The lowest BCUT2D eigenvalue weighted by atomic mass is 10.0. The zero-order chi connectivity index (χ0) is 59.9. The zero-order valence-corrected chi connectivity index (χ0v) is 56.0. The lowest BCUT2D eigenvalue weighted by molar-refractivity contribution is -0.167. The van der Waals surface area contributed by atoms with Gasteiger partial charge in [0, 0.05) is 19.3 Å². The molecule has 1 atom stereocenters. The van der Waals surface area contributed by atoms with Crippen LogP contribution in [0.15, 0.2) is 48.6 Å². The van der Waals surface area contributed by atoms with Crippen LogP contribution in [0, 0.1) is 0 Å². The van der Waals surface area contributed by atoms with Crippen molar-refractivity contribution in [2.24, 2.45) is 0 Å². The molecular formula is C77H142O6. The average molecular weight is 1160 g/mol. The zero-order valence-electron chi connectivity index (χ0n) is 56.0. The molecule has 83 heavy (non-hydrogen) atoms. The van der Waals surface area contributed by atoms with Crippen molar-refractivity contribution in [2.75, 3.05) is 13.2 Å². The van der Waals surface area contributed by atoms with Crippen LogP contribution in [-0.2, 0) is 28.6 Å². The normalized spacial score (nSPS) is 12.3. The molecule has 0 saturated carbocycles.